The summed E-state index contributed by atoms with van der Waals surface area (Å²) in [4.78, 5) is 9.88. The summed E-state index contributed by atoms with van der Waals surface area (Å²) in [6, 6.07) is 4.05. The van der Waals surface area contributed by atoms with Crippen LogP contribution in [-0.4, -0.2) is 13.5 Å². The third-order valence-corrected chi connectivity index (χ3v) is 1.36. The Bertz CT molecular complexity index is 288. The van der Waals surface area contributed by atoms with Crippen molar-refractivity contribution in [1.29, 1.82) is 0 Å². The molecule has 1 aromatic carbocycles. The highest BCUT2D eigenvalue weighted by atomic mass is 19.1. The van der Waals surface area contributed by atoms with Crippen LogP contribution in [0.3, 0.4) is 0 Å². The van der Waals surface area contributed by atoms with Crippen LogP contribution in [0.25, 0.3) is 0 Å². The van der Waals surface area contributed by atoms with Crippen molar-refractivity contribution in [3.05, 3.63) is 24.0 Å². The Labute approximate surface area is 69.2 Å². The fourth-order valence-corrected chi connectivity index (χ4v) is 0.782. The molecule has 0 unspecified atom stereocenters. The molecular formula is C8H7FNO2. The third-order valence-electron chi connectivity index (χ3n) is 1.36. The number of methoxy groups -OCH3 is 1. The molecule has 0 aromatic heterocycles. The van der Waals surface area contributed by atoms with Gasteiger partial charge in [0.1, 0.15) is 11.6 Å². The summed E-state index contributed by atoms with van der Waals surface area (Å²) >= 11 is 0. The quantitative estimate of drug-likeness (QED) is 0.691. The predicted octanol–water partition coefficient (Wildman–Crippen LogP) is 1.31. The molecule has 0 heterocycles. The molecule has 0 aliphatic rings. The first-order chi connectivity index (χ1) is 5.77. The van der Waals surface area contributed by atoms with Crippen LogP contribution >= 0.6 is 0 Å². The van der Waals surface area contributed by atoms with E-state index < -0.39 is 5.82 Å². The van der Waals surface area contributed by atoms with Gasteiger partial charge in [0, 0.05) is 6.07 Å². The highest BCUT2D eigenvalue weighted by Gasteiger charge is 2.02. The van der Waals surface area contributed by atoms with E-state index in [0.717, 1.165) is 0 Å². The average Bonchev–Trinajstić information content (AvgIpc) is 2.09. The largest absolute Gasteiger partial charge is 0.497 e. The SMILES string of the molecule is COc1ccc(F)c(N[C]=O)c1. The second-order valence-corrected chi connectivity index (χ2v) is 2.07. The maximum Gasteiger partial charge on any atom is 0.314 e. The third kappa shape index (κ3) is 1.72. The summed E-state index contributed by atoms with van der Waals surface area (Å²) in [7, 11) is 1.46. The molecule has 0 saturated heterocycles. The number of carbonyl (C=O) groups excluding carboxylic acids is 1. The summed E-state index contributed by atoms with van der Waals surface area (Å²) in [6.07, 6.45) is 1.38. The topological polar surface area (TPSA) is 38.3 Å². The van der Waals surface area contributed by atoms with E-state index >= 15 is 0 Å². The van der Waals surface area contributed by atoms with E-state index in [4.69, 9.17) is 4.74 Å². The van der Waals surface area contributed by atoms with E-state index in [-0.39, 0.29) is 5.69 Å². The van der Waals surface area contributed by atoms with Gasteiger partial charge in [-0.2, -0.15) is 0 Å². The van der Waals surface area contributed by atoms with Gasteiger partial charge in [0.25, 0.3) is 0 Å². The highest BCUT2D eigenvalue weighted by Crippen LogP contribution is 2.20. The van der Waals surface area contributed by atoms with E-state index in [1.54, 1.807) is 0 Å². The molecule has 0 aliphatic heterocycles. The number of nitrogens with one attached hydrogen (secondary N) is 1. The first-order valence-electron chi connectivity index (χ1n) is 3.24. The number of benzene rings is 1. The van der Waals surface area contributed by atoms with Gasteiger partial charge in [-0.3, -0.25) is 4.79 Å². The molecule has 4 heteroatoms. The van der Waals surface area contributed by atoms with E-state index in [2.05, 4.69) is 5.32 Å². The molecule has 1 rings (SSSR count). The normalized spacial score (nSPS) is 9.17. The van der Waals surface area contributed by atoms with Gasteiger partial charge < -0.3 is 10.1 Å². The van der Waals surface area contributed by atoms with Gasteiger partial charge in [-0.25, -0.2) is 4.39 Å². The Balaban J connectivity index is 2.99. The zero-order valence-corrected chi connectivity index (χ0v) is 6.43. The van der Waals surface area contributed by atoms with Crippen LogP contribution in [0.1, 0.15) is 0 Å². The minimum absolute atomic E-state index is 0.0596. The van der Waals surface area contributed by atoms with E-state index in [1.165, 1.54) is 31.7 Å². The first kappa shape index (κ1) is 8.52. The highest BCUT2D eigenvalue weighted by molar-refractivity contribution is 5.72. The molecular weight excluding hydrogens is 161 g/mol. The first-order valence-corrected chi connectivity index (χ1v) is 3.24. The van der Waals surface area contributed by atoms with Crippen LogP contribution < -0.4 is 10.1 Å². The maximum atomic E-state index is 12.8. The second kappa shape index (κ2) is 3.71. The Morgan fingerprint density at radius 3 is 2.92 bits per heavy atom. The predicted molar refractivity (Wildman–Crippen MR) is 42.3 cm³/mol. The lowest BCUT2D eigenvalue weighted by Crippen LogP contribution is -1.97. The summed E-state index contributed by atoms with van der Waals surface area (Å²) in [5.41, 5.74) is 0.0596. The molecule has 1 N–H and O–H groups in total. The molecule has 0 aliphatic carbocycles. The summed E-state index contributed by atoms with van der Waals surface area (Å²) in [5.74, 6) is -0.0340. The van der Waals surface area contributed by atoms with Crippen LogP contribution in [0.15, 0.2) is 18.2 Å². The zero-order chi connectivity index (χ0) is 8.97. The van der Waals surface area contributed by atoms with Crippen molar-refractivity contribution >= 4 is 12.1 Å². The fourth-order valence-electron chi connectivity index (χ4n) is 0.782. The van der Waals surface area contributed by atoms with E-state index in [9.17, 15) is 9.18 Å². The number of rotatable bonds is 3. The fraction of sp³-hybridized carbons (Fsp3) is 0.125. The molecule has 3 nitrogen and oxygen atoms in total. The Morgan fingerprint density at radius 1 is 1.58 bits per heavy atom. The second-order valence-electron chi connectivity index (χ2n) is 2.07. The van der Waals surface area contributed by atoms with Crippen molar-refractivity contribution in [3.63, 3.8) is 0 Å². The number of halogens is 1. The number of hydrogen-bond acceptors (Lipinski definition) is 2. The molecule has 1 radical (unpaired) electrons. The molecule has 1 aromatic rings. The van der Waals surface area contributed by atoms with Gasteiger partial charge >= 0.3 is 6.41 Å². The lowest BCUT2D eigenvalue weighted by Gasteiger charge is -2.03. The van der Waals surface area contributed by atoms with E-state index in [1.807, 2.05) is 0 Å². The van der Waals surface area contributed by atoms with Crippen LogP contribution in [0.2, 0.25) is 0 Å². The van der Waals surface area contributed by atoms with Gasteiger partial charge in [0.15, 0.2) is 0 Å². The molecule has 0 atom stereocenters. The van der Waals surface area contributed by atoms with Crippen LogP contribution in [0.5, 0.6) is 5.75 Å². The Hall–Kier alpha value is -1.58. The van der Waals surface area contributed by atoms with Gasteiger partial charge in [-0.15, -0.1) is 0 Å². The van der Waals surface area contributed by atoms with E-state index in [0.29, 0.717) is 5.75 Å². The minimum Gasteiger partial charge on any atom is -0.497 e. The number of hydrogen-bond donors (Lipinski definition) is 1. The van der Waals surface area contributed by atoms with Crippen molar-refractivity contribution < 1.29 is 13.9 Å². The number of anilines is 1. The lowest BCUT2D eigenvalue weighted by atomic mass is 10.3. The smallest absolute Gasteiger partial charge is 0.314 e. The van der Waals surface area contributed by atoms with Gasteiger partial charge in [-0.05, 0) is 12.1 Å². The Kier molecular flexibility index (Phi) is 2.63. The average molecular weight is 168 g/mol. The van der Waals surface area contributed by atoms with Gasteiger partial charge in [0.05, 0.1) is 12.8 Å². The molecule has 0 saturated carbocycles. The van der Waals surface area contributed by atoms with Crippen molar-refractivity contribution in [2.75, 3.05) is 12.4 Å². The number of ether oxygens (including phenoxy) is 1. The monoisotopic (exact) mass is 168 g/mol. The molecule has 0 bridgehead atoms. The summed E-state index contributed by atoms with van der Waals surface area (Å²) in [6.45, 7) is 0. The molecule has 12 heavy (non-hydrogen) atoms. The van der Waals surface area contributed by atoms with Crippen molar-refractivity contribution in [2.24, 2.45) is 0 Å². The summed E-state index contributed by atoms with van der Waals surface area (Å²) in [5, 5.41) is 2.09. The molecule has 0 fully saturated rings. The van der Waals surface area contributed by atoms with Crippen molar-refractivity contribution in [2.45, 2.75) is 0 Å². The maximum absolute atomic E-state index is 12.8. The molecule has 63 valence electrons. The number of amides is 1. The van der Waals surface area contributed by atoms with Crippen LogP contribution in [0, 0.1) is 5.82 Å². The van der Waals surface area contributed by atoms with Gasteiger partial charge in [0.2, 0.25) is 0 Å². The van der Waals surface area contributed by atoms with Crippen molar-refractivity contribution in [1.82, 2.24) is 0 Å². The minimum atomic E-state index is -0.515. The standard InChI is InChI=1S/C8H7FNO2/c1-12-6-2-3-7(9)8(4-6)10-5-11/h2-4H,1H3,(H,10,11). The Morgan fingerprint density at radius 2 is 2.33 bits per heavy atom. The van der Waals surface area contributed by atoms with Crippen LogP contribution in [-0.2, 0) is 4.79 Å². The van der Waals surface area contributed by atoms with Crippen LogP contribution in [0.4, 0.5) is 10.1 Å². The molecule has 1 amide bonds. The zero-order valence-electron chi connectivity index (χ0n) is 6.43. The van der Waals surface area contributed by atoms with Gasteiger partial charge in [-0.1, -0.05) is 0 Å². The summed E-state index contributed by atoms with van der Waals surface area (Å²) < 4.78 is 17.6. The lowest BCUT2D eigenvalue weighted by molar-refractivity contribution is 0.414. The molecule has 0 spiro atoms. The van der Waals surface area contributed by atoms with Crippen molar-refractivity contribution in [3.8, 4) is 5.75 Å².